The molecule has 0 fully saturated rings. The Morgan fingerprint density at radius 3 is 2.45 bits per heavy atom. The molecule has 1 heterocycles. The molecule has 0 unspecified atom stereocenters. The van der Waals surface area contributed by atoms with Crippen LogP contribution in [0.4, 0.5) is 4.79 Å². The van der Waals surface area contributed by atoms with Gasteiger partial charge in [-0.05, 0) is 40.7 Å². The van der Waals surface area contributed by atoms with E-state index in [9.17, 15) is 9.59 Å². The van der Waals surface area contributed by atoms with Crippen LogP contribution in [0.1, 0.15) is 32.2 Å². The number of carbonyl (C=O) groups excluding carboxylic acids is 1. The molecule has 112 valence electrons. The van der Waals surface area contributed by atoms with Crippen LogP contribution < -0.4 is 5.32 Å². The smallest absolute Gasteiger partial charge is 0.408 e. The van der Waals surface area contributed by atoms with Crippen molar-refractivity contribution in [3.8, 4) is 0 Å². The highest BCUT2D eigenvalue weighted by Crippen LogP contribution is 2.08. The topological polar surface area (TPSA) is 93.5 Å². The summed E-state index contributed by atoms with van der Waals surface area (Å²) in [5.74, 6) is -1.14. The minimum atomic E-state index is -1.14. The van der Waals surface area contributed by atoms with Gasteiger partial charge in [0.1, 0.15) is 11.6 Å². The van der Waals surface area contributed by atoms with Crippen molar-refractivity contribution in [2.45, 2.75) is 52.8 Å². The molecular weight excluding hydrogens is 262 g/mol. The van der Waals surface area contributed by atoms with Crippen molar-refractivity contribution < 1.29 is 19.4 Å². The number of carboxylic acid groups (broad SMARTS) is 1. The van der Waals surface area contributed by atoms with E-state index in [1.54, 1.807) is 25.5 Å². The van der Waals surface area contributed by atoms with Gasteiger partial charge in [0.15, 0.2) is 0 Å². The van der Waals surface area contributed by atoms with Crippen LogP contribution in [0.2, 0.25) is 0 Å². The number of carboxylic acids is 1. The van der Waals surface area contributed by atoms with Crippen molar-refractivity contribution >= 4 is 12.1 Å². The lowest BCUT2D eigenvalue weighted by Crippen LogP contribution is -2.46. The molecule has 1 aromatic heterocycles. The van der Waals surface area contributed by atoms with E-state index >= 15 is 0 Å². The van der Waals surface area contributed by atoms with E-state index < -0.39 is 23.7 Å². The van der Waals surface area contributed by atoms with E-state index in [1.165, 1.54) is 0 Å². The van der Waals surface area contributed by atoms with Crippen molar-refractivity contribution in [2.24, 2.45) is 0 Å². The van der Waals surface area contributed by atoms with Gasteiger partial charge in [-0.2, -0.15) is 5.10 Å². The lowest BCUT2D eigenvalue weighted by atomic mass is 10.2. The third-order valence-electron chi connectivity index (χ3n) is 2.45. The molecule has 1 atom stereocenters. The fourth-order valence-corrected chi connectivity index (χ4v) is 1.67. The summed E-state index contributed by atoms with van der Waals surface area (Å²) in [5.41, 5.74) is 0.953. The Bertz CT molecular complexity index is 502. The maximum Gasteiger partial charge on any atom is 0.408 e. The summed E-state index contributed by atoms with van der Waals surface area (Å²) >= 11 is 0. The van der Waals surface area contributed by atoms with Gasteiger partial charge in [0, 0.05) is 5.69 Å². The quantitative estimate of drug-likeness (QED) is 0.873. The predicted octanol–water partition coefficient (Wildman–Crippen LogP) is 1.48. The number of nitrogens with one attached hydrogen (secondary N) is 1. The number of ether oxygens (including phenoxy) is 1. The van der Waals surface area contributed by atoms with Gasteiger partial charge in [0.2, 0.25) is 0 Å². The third-order valence-corrected chi connectivity index (χ3v) is 2.45. The molecule has 0 saturated heterocycles. The fraction of sp³-hybridized carbons (Fsp3) is 0.615. The molecule has 1 aromatic rings. The Hall–Kier alpha value is -2.05. The molecule has 0 saturated carbocycles. The van der Waals surface area contributed by atoms with Gasteiger partial charge in [-0.25, -0.2) is 9.59 Å². The largest absolute Gasteiger partial charge is 0.480 e. The Balaban J connectivity index is 2.73. The minimum Gasteiger partial charge on any atom is -0.480 e. The second-order valence-electron chi connectivity index (χ2n) is 5.65. The number of hydrogen-bond donors (Lipinski definition) is 2. The zero-order chi connectivity index (χ0) is 15.5. The normalized spacial score (nSPS) is 12.8. The summed E-state index contributed by atoms with van der Waals surface area (Å²) in [5, 5.41) is 15.7. The monoisotopic (exact) mass is 283 g/mol. The number of rotatable bonds is 4. The summed E-state index contributed by atoms with van der Waals surface area (Å²) in [7, 11) is 0. The van der Waals surface area contributed by atoms with E-state index in [1.807, 2.05) is 19.9 Å². The van der Waals surface area contributed by atoms with Crippen molar-refractivity contribution in [3.05, 3.63) is 17.5 Å². The molecule has 2 N–H and O–H groups in total. The second kappa shape index (κ2) is 5.94. The van der Waals surface area contributed by atoms with E-state index in [-0.39, 0.29) is 6.54 Å². The van der Waals surface area contributed by atoms with Gasteiger partial charge in [-0.15, -0.1) is 0 Å². The predicted molar refractivity (Wildman–Crippen MR) is 72.5 cm³/mol. The molecule has 20 heavy (non-hydrogen) atoms. The Kier molecular flexibility index (Phi) is 4.75. The maximum absolute atomic E-state index is 11.6. The van der Waals surface area contributed by atoms with Crippen molar-refractivity contribution in [1.29, 1.82) is 0 Å². The van der Waals surface area contributed by atoms with Crippen molar-refractivity contribution in [1.82, 2.24) is 15.1 Å². The maximum atomic E-state index is 11.6. The van der Waals surface area contributed by atoms with Gasteiger partial charge in [-0.3, -0.25) is 4.68 Å². The second-order valence-corrected chi connectivity index (χ2v) is 5.65. The molecule has 7 heteroatoms. The molecule has 0 bridgehead atoms. The number of aryl methyl sites for hydroxylation is 2. The SMILES string of the molecule is Cc1cc(C)n(C[C@@H](NC(=O)OC(C)(C)C)C(=O)O)n1. The fourth-order valence-electron chi connectivity index (χ4n) is 1.67. The highest BCUT2D eigenvalue weighted by Gasteiger charge is 2.25. The number of aliphatic carboxylic acids is 1. The highest BCUT2D eigenvalue weighted by atomic mass is 16.6. The number of aromatic nitrogens is 2. The van der Waals surface area contributed by atoms with Crippen LogP contribution in [0.5, 0.6) is 0 Å². The average molecular weight is 283 g/mol. The molecule has 0 aliphatic carbocycles. The summed E-state index contributed by atoms with van der Waals surface area (Å²) in [6, 6.07) is 0.745. The summed E-state index contributed by atoms with van der Waals surface area (Å²) in [6.45, 7) is 8.83. The van der Waals surface area contributed by atoms with Crippen LogP contribution >= 0.6 is 0 Å². The van der Waals surface area contributed by atoms with E-state index in [0.29, 0.717) is 0 Å². The molecule has 0 aromatic carbocycles. The van der Waals surface area contributed by atoms with Gasteiger partial charge >= 0.3 is 12.1 Å². The number of amides is 1. The Morgan fingerprint density at radius 2 is 2.05 bits per heavy atom. The average Bonchev–Trinajstić information content (AvgIpc) is 2.53. The number of carbonyl (C=O) groups is 2. The first kappa shape index (κ1) is 16.0. The number of hydrogen-bond acceptors (Lipinski definition) is 4. The van der Waals surface area contributed by atoms with E-state index in [4.69, 9.17) is 9.84 Å². The van der Waals surface area contributed by atoms with Crippen molar-refractivity contribution in [2.75, 3.05) is 0 Å². The molecule has 7 nitrogen and oxygen atoms in total. The van der Waals surface area contributed by atoms with Crippen LogP contribution in [-0.2, 0) is 16.1 Å². The van der Waals surface area contributed by atoms with Crippen LogP contribution in [-0.4, -0.2) is 38.6 Å². The number of alkyl carbamates (subject to hydrolysis) is 1. The molecule has 0 spiro atoms. The van der Waals surface area contributed by atoms with E-state index in [0.717, 1.165) is 11.4 Å². The standard InChI is InChI=1S/C13H21N3O4/c1-8-6-9(2)16(15-8)7-10(11(17)18)14-12(19)20-13(3,4)5/h6,10H,7H2,1-5H3,(H,14,19)(H,17,18)/t10-/m1/s1. The van der Waals surface area contributed by atoms with Gasteiger partial charge < -0.3 is 15.2 Å². The van der Waals surface area contributed by atoms with Crippen LogP contribution in [0.3, 0.4) is 0 Å². The first-order chi connectivity index (χ1) is 9.08. The van der Waals surface area contributed by atoms with Gasteiger partial charge in [0.05, 0.1) is 12.2 Å². The summed E-state index contributed by atoms with van der Waals surface area (Å²) in [6.07, 6.45) is -0.758. The van der Waals surface area contributed by atoms with E-state index in [2.05, 4.69) is 10.4 Å². The zero-order valence-corrected chi connectivity index (χ0v) is 12.4. The first-order valence-electron chi connectivity index (χ1n) is 6.32. The van der Waals surface area contributed by atoms with Crippen LogP contribution in [0, 0.1) is 13.8 Å². The minimum absolute atomic E-state index is 0.0499. The van der Waals surface area contributed by atoms with Crippen molar-refractivity contribution in [3.63, 3.8) is 0 Å². The first-order valence-corrected chi connectivity index (χ1v) is 6.32. The lowest BCUT2D eigenvalue weighted by molar-refractivity contribution is -0.139. The lowest BCUT2D eigenvalue weighted by Gasteiger charge is -2.22. The van der Waals surface area contributed by atoms with Gasteiger partial charge in [0.25, 0.3) is 0 Å². The van der Waals surface area contributed by atoms with Crippen LogP contribution in [0.25, 0.3) is 0 Å². The molecule has 1 rings (SSSR count). The molecule has 1 amide bonds. The summed E-state index contributed by atoms with van der Waals surface area (Å²) in [4.78, 5) is 22.8. The molecule has 0 aliphatic rings. The zero-order valence-electron chi connectivity index (χ0n) is 12.4. The highest BCUT2D eigenvalue weighted by molar-refractivity contribution is 5.79. The summed E-state index contributed by atoms with van der Waals surface area (Å²) < 4.78 is 6.60. The Labute approximate surface area is 117 Å². The molecular formula is C13H21N3O4. The third kappa shape index (κ3) is 4.91. The van der Waals surface area contributed by atoms with Crippen LogP contribution in [0.15, 0.2) is 6.07 Å². The Morgan fingerprint density at radius 1 is 1.45 bits per heavy atom. The van der Waals surface area contributed by atoms with Gasteiger partial charge in [-0.1, -0.05) is 0 Å². The number of nitrogens with zero attached hydrogens (tertiary/aromatic N) is 2. The molecule has 0 aliphatic heterocycles. The molecule has 0 radical (unpaired) electrons.